The molecule has 0 spiro atoms. The number of carbonyl (C=O) groups excluding carboxylic acids is 3. The lowest BCUT2D eigenvalue weighted by Gasteiger charge is -2.20. The maximum absolute atomic E-state index is 13.0. The van der Waals surface area contributed by atoms with Crippen LogP contribution in [-0.4, -0.2) is 39.5 Å². The van der Waals surface area contributed by atoms with Gasteiger partial charge in [-0.2, -0.15) is 0 Å². The maximum Gasteiger partial charge on any atom is 0.419 e. The zero-order valence-electron chi connectivity index (χ0n) is 17.4. The number of nitrogens with zero attached hydrogens (tertiary/aromatic N) is 1. The lowest BCUT2D eigenvalue weighted by Crippen LogP contribution is -2.27. The number of imide groups is 1. The lowest BCUT2D eigenvalue weighted by molar-refractivity contribution is -0.115. The SMILES string of the molecule is COc1cc(-c2cc3ccccc3n2C(=O)OC(C)(C)C)[nH]c1/C=C1/SC(=O)NC1=O. The summed E-state index contributed by atoms with van der Waals surface area (Å²) >= 11 is 0.818. The molecule has 0 unspecified atom stereocenters. The van der Waals surface area contributed by atoms with Gasteiger partial charge in [-0.05, 0) is 50.7 Å². The van der Waals surface area contributed by atoms with Gasteiger partial charge in [0.2, 0.25) is 0 Å². The molecule has 0 bridgehead atoms. The Morgan fingerprint density at radius 1 is 1.16 bits per heavy atom. The Kier molecular flexibility index (Phi) is 5.14. The van der Waals surface area contributed by atoms with Crippen LogP contribution in [0.2, 0.25) is 0 Å². The van der Waals surface area contributed by atoms with Crippen molar-refractivity contribution < 1.29 is 23.9 Å². The molecule has 0 radical (unpaired) electrons. The van der Waals surface area contributed by atoms with Crippen LogP contribution in [-0.2, 0) is 9.53 Å². The number of fused-ring (bicyclic) bond motifs is 1. The molecule has 31 heavy (non-hydrogen) atoms. The van der Waals surface area contributed by atoms with E-state index in [0.29, 0.717) is 28.3 Å². The summed E-state index contributed by atoms with van der Waals surface area (Å²) in [4.78, 5) is 39.9. The van der Waals surface area contributed by atoms with E-state index >= 15 is 0 Å². The van der Waals surface area contributed by atoms with Crippen molar-refractivity contribution in [3.8, 4) is 17.1 Å². The molecule has 0 aliphatic carbocycles. The van der Waals surface area contributed by atoms with E-state index in [1.165, 1.54) is 11.7 Å². The van der Waals surface area contributed by atoms with Gasteiger partial charge >= 0.3 is 6.09 Å². The molecule has 1 saturated heterocycles. The van der Waals surface area contributed by atoms with E-state index in [1.807, 2.05) is 51.1 Å². The van der Waals surface area contributed by atoms with Crippen molar-refractivity contribution >= 4 is 46.0 Å². The Bertz CT molecular complexity index is 1250. The highest BCUT2D eigenvalue weighted by Gasteiger charge is 2.27. The first-order valence-electron chi connectivity index (χ1n) is 9.52. The molecule has 1 fully saturated rings. The van der Waals surface area contributed by atoms with Gasteiger partial charge in [0.15, 0.2) is 0 Å². The van der Waals surface area contributed by atoms with Crippen LogP contribution in [0.4, 0.5) is 9.59 Å². The van der Waals surface area contributed by atoms with Crippen LogP contribution in [0.5, 0.6) is 5.75 Å². The Hall–Kier alpha value is -3.46. The summed E-state index contributed by atoms with van der Waals surface area (Å²) in [6.45, 7) is 5.43. The number of amides is 2. The first-order chi connectivity index (χ1) is 14.7. The van der Waals surface area contributed by atoms with Crippen LogP contribution in [0.3, 0.4) is 0 Å². The molecular weight excluding hydrogens is 418 g/mol. The van der Waals surface area contributed by atoms with Gasteiger partial charge in [0.05, 0.1) is 34.6 Å². The van der Waals surface area contributed by atoms with Gasteiger partial charge in [-0.15, -0.1) is 0 Å². The van der Waals surface area contributed by atoms with Crippen molar-refractivity contribution in [2.24, 2.45) is 0 Å². The third-order valence-corrected chi connectivity index (χ3v) is 5.32. The van der Waals surface area contributed by atoms with Crippen LogP contribution in [0.15, 0.2) is 41.3 Å². The number of aromatic amines is 1. The first-order valence-corrected chi connectivity index (χ1v) is 10.3. The third-order valence-electron chi connectivity index (χ3n) is 4.51. The van der Waals surface area contributed by atoms with E-state index in [-0.39, 0.29) is 4.91 Å². The van der Waals surface area contributed by atoms with Crippen molar-refractivity contribution in [2.45, 2.75) is 26.4 Å². The summed E-state index contributed by atoms with van der Waals surface area (Å²) < 4.78 is 12.6. The average Bonchev–Trinajstić information content (AvgIpc) is 3.35. The average molecular weight is 439 g/mol. The summed E-state index contributed by atoms with van der Waals surface area (Å²) in [6, 6.07) is 11.1. The van der Waals surface area contributed by atoms with Gasteiger partial charge in [-0.1, -0.05) is 18.2 Å². The normalized spacial score (nSPS) is 15.5. The molecule has 3 heterocycles. The molecule has 1 aliphatic rings. The predicted octanol–water partition coefficient (Wildman–Crippen LogP) is 4.75. The minimum absolute atomic E-state index is 0.254. The van der Waals surface area contributed by atoms with Crippen molar-refractivity contribution in [2.75, 3.05) is 7.11 Å². The second-order valence-corrected chi connectivity index (χ2v) is 8.94. The number of H-pyrrole nitrogens is 1. The number of aromatic nitrogens is 2. The van der Waals surface area contributed by atoms with E-state index in [2.05, 4.69) is 10.3 Å². The largest absolute Gasteiger partial charge is 0.494 e. The zero-order valence-corrected chi connectivity index (χ0v) is 18.3. The summed E-state index contributed by atoms with van der Waals surface area (Å²) in [7, 11) is 1.51. The number of benzene rings is 1. The van der Waals surface area contributed by atoms with Gasteiger partial charge in [0.1, 0.15) is 11.4 Å². The molecule has 8 nitrogen and oxygen atoms in total. The molecule has 4 rings (SSSR count). The van der Waals surface area contributed by atoms with Gasteiger partial charge < -0.3 is 14.5 Å². The molecule has 0 atom stereocenters. The molecule has 3 aromatic rings. The highest BCUT2D eigenvalue weighted by atomic mass is 32.2. The summed E-state index contributed by atoms with van der Waals surface area (Å²) in [5.41, 5.74) is 1.73. The number of hydrogen-bond donors (Lipinski definition) is 2. The molecule has 2 aromatic heterocycles. The number of carbonyl (C=O) groups is 3. The Morgan fingerprint density at radius 2 is 1.90 bits per heavy atom. The smallest absolute Gasteiger partial charge is 0.419 e. The number of thioether (sulfide) groups is 1. The zero-order chi connectivity index (χ0) is 22.3. The highest BCUT2D eigenvalue weighted by molar-refractivity contribution is 8.18. The Labute approximate surface area is 182 Å². The number of methoxy groups -OCH3 is 1. The fourth-order valence-corrected chi connectivity index (χ4v) is 3.94. The first kappa shape index (κ1) is 20.8. The standard InChI is InChI=1S/C22H21N3O5S/c1-22(2,3)30-21(28)25-15-8-6-5-7-12(15)9-16(25)13-10-17(29-4)14(23-13)11-18-19(26)24-20(27)31-18/h5-11,23H,1-4H3,(H,24,26,27)/b18-11+. The molecule has 2 N–H and O–H groups in total. The van der Waals surface area contributed by atoms with Crippen LogP contribution >= 0.6 is 11.8 Å². The van der Waals surface area contributed by atoms with Crippen LogP contribution in [0.1, 0.15) is 26.5 Å². The van der Waals surface area contributed by atoms with Crippen molar-refractivity contribution in [1.29, 1.82) is 0 Å². The molecule has 9 heteroatoms. The van der Waals surface area contributed by atoms with Crippen LogP contribution < -0.4 is 10.1 Å². The second kappa shape index (κ2) is 7.66. The number of ether oxygens (including phenoxy) is 2. The number of nitrogens with one attached hydrogen (secondary N) is 2. The van der Waals surface area contributed by atoms with Gasteiger partial charge in [0, 0.05) is 11.5 Å². The fraction of sp³-hybridized carbons (Fsp3) is 0.227. The topological polar surface area (TPSA) is 102 Å². The van der Waals surface area contributed by atoms with Gasteiger partial charge in [-0.3, -0.25) is 14.9 Å². The van der Waals surface area contributed by atoms with Crippen LogP contribution in [0, 0.1) is 0 Å². The van der Waals surface area contributed by atoms with Gasteiger partial charge in [0.25, 0.3) is 11.1 Å². The molecule has 2 amide bonds. The Morgan fingerprint density at radius 3 is 2.55 bits per heavy atom. The number of hydrogen-bond acceptors (Lipinski definition) is 6. The minimum atomic E-state index is -0.664. The molecular formula is C22H21N3O5S. The lowest BCUT2D eigenvalue weighted by atomic mass is 10.2. The van der Waals surface area contributed by atoms with E-state index in [4.69, 9.17) is 9.47 Å². The van der Waals surface area contributed by atoms with E-state index in [0.717, 1.165) is 17.1 Å². The maximum atomic E-state index is 13.0. The summed E-state index contributed by atoms with van der Waals surface area (Å²) in [5, 5.41) is 2.67. The quantitative estimate of drug-likeness (QED) is 0.571. The number of para-hydroxylation sites is 1. The summed E-state index contributed by atoms with van der Waals surface area (Å²) in [6.07, 6.45) is 1.04. The van der Waals surface area contributed by atoms with Crippen molar-refractivity contribution in [1.82, 2.24) is 14.9 Å². The van der Waals surface area contributed by atoms with E-state index < -0.39 is 22.8 Å². The second-order valence-electron chi connectivity index (χ2n) is 7.92. The van der Waals surface area contributed by atoms with Crippen LogP contribution in [0.25, 0.3) is 28.4 Å². The minimum Gasteiger partial charge on any atom is -0.494 e. The summed E-state index contributed by atoms with van der Waals surface area (Å²) in [5.74, 6) is 0.00677. The van der Waals surface area contributed by atoms with Crippen molar-refractivity contribution in [3.05, 3.63) is 47.0 Å². The van der Waals surface area contributed by atoms with Gasteiger partial charge in [-0.25, -0.2) is 9.36 Å². The van der Waals surface area contributed by atoms with E-state index in [9.17, 15) is 14.4 Å². The molecule has 1 aromatic carbocycles. The fourth-order valence-electron chi connectivity index (χ4n) is 3.28. The predicted molar refractivity (Wildman–Crippen MR) is 119 cm³/mol. The highest BCUT2D eigenvalue weighted by Crippen LogP contribution is 2.35. The van der Waals surface area contributed by atoms with Crippen molar-refractivity contribution in [3.63, 3.8) is 0 Å². The van der Waals surface area contributed by atoms with E-state index in [1.54, 1.807) is 12.1 Å². The number of rotatable bonds is 3. The monoisotopic (exact) mass is 439 g/mol. The third kappa shape index (κ3) is 4.09. The molecule has 0 saturated carbocycles. The Balaban J connectivity index is 1.84. The molecule has 160 valence electrons. The molecule has 1 aliphatic heterocycles.